The van der Waals surface area contributed by atoms with E-state index in [2.05, 4.69) is 25.5 Å². The smallest absolute Gasteiger partial charge is 0.237 e. The number of nitrogens with one attached hydrogen (secondary N) is 2. The van der Waals surface area contributed by atoms with Crippen LogP contribution in [-0.2, 0) is 4.79 Å². The number of methoxy groups -OCH3 is 1. The van der Waals surface area contributed by atoms with Crippen molar-refractivity contribution >= 4 is 11.7 Å². The Kier molecular flexibility index (Phi) is 5.27. The molecule has 2 fully saturated rings. The van der Waals surface area contributed by atoms with Gasteiger partial charge in [0.05, 0.1) is 13.2 Å². The molecule has 3 rings (SSSR count). The van der Waals surface area contributed by atoms with Crippen molar-refractivity contribution in [1.82, 2.24) is 20.2 Å². The van der Waals surface area contributed by atoms with Crippen LogP contribution in [0.4, 0.5) is 5.82 Å². The molecule has 1 aromatic rings. The third-order valence-electron chi connectivity index (χ3n) is 4.68. The van der Waals surface area contributed by atoms with Crippen LogP contribution in [0.3, 0.4) is 0 Å². The van der Waals surface area contributed by atoms with Gasteiger partial charge in [0.25, 0.3) is 0 Å². The highest BCUT2D eigenvalue weighted by Crippen LogP contribution is 2.21. The summed E-state index contributed by atoms with van der Waals surface area (Å²) in [6.45, 7) is 2.71. The Morgan fingerprint density at radius 1 is 1.26 bits per heavy atom. The van der Waals surface area contributed by atoms with Crippen molar-refractivity contribution in [2.45, 2.75) is 44.2 Å². The Hall–Kier alpha value is -1.89. The van der Waals surface area contributed by atoms with Crippen LogP contribution < -0.4 is 15.4 Å². The Balaban J connectivity index is 1.52. The fourth-order valence-corrected chi connectivity index (χ4v) is 3.37. The van der Waals surface area contributed by atoms with Gasteiger partial charge in [0.2, 0.25) is 11.8 Å². The first-order chi connectivity index (χ1) is 11.3. The van der Waals surface area contributed by atoms with Gasteiger partial charge in [0, 0.05) is 31.7 Å². The second-order valence-electron chi connectivity index (χ2n) is 6.20. The van der Waals surface area contributed by atoms with Crippen LogP contribution in [0.15, 0.2) is 12.4 Å². The minimum Gasteiger partial charge on any atom is -0.481 e. The molecule has 0 radical (unpaired) electrons. The van der Waals surface area contributed by atoms with E-state index in [9.17, 15) is 4.79 Å². The van der Waals surface area contributed by atoms with Crippen LogP contribution in [0.5, 0.6) is 5.88 Å². The van der Waals surface area contributed by atoms with Crippen molar-refractivity contribution in [3.05, 3.63) is 12.4 Å². The van der Waals surface area contributed by atoms with Gasteiger partial charge in [-0.25, -0.2) is 9.97 Å². The van der Waals surface area contributed by atoms with Gasteiger partial charge in [-0.05, 0) is 32.1 Å². The standard InChI is InChI=1S/C16H25N5O2/c1-23-15-10-14(18-11-19-15)20-12-5-8-21(9-6-12)13-4-2-3-7-17-16(13)22/h10-13H,2-9H2,1H3,(H,17,22)(H,18,19,20). The number of carbonyl (C=O) groups is 1. The lowest BCUT2D eigenvalue weighted by Crippen LogP contribution is -2.50. The second kappa shape index (κ2) is 7.59. The van der Waals surface area contributed by atoms with Gasteiger partial charge in [0.15, 0.2) is 0 Å². The van der Waals surface area contributed by atoms with Crippen LogP contribution in [0.2, 0.25) is 0 Å². The summed E-state index contributed by atoms with van der Waals surface area (Å²) in [4.78, 5) is 22.7. The Morgan fingerprint density at radius 2 is 2.09 bits per heavy atom. The molecule has 0 aliphatic carbocycles. The summed E-state index contributed by atoms with van der Waals surface area (Å²) in [5.41, 5.74) is 0. The van der Waals surface area contributed by atoms with Gasteiger partial charge >= 0.3 is 0 Å². The zero-order valence-corrected chi connectivity index (χ0v) is 13.6. The molecule has 2 saturated heterocycles. The van der Waals surface area contributed by atoms with Crippen molar-refractivity contribution < 1.29 is 9.53 Å². The number of nitrogens with zero attached hydrogens (tertiary/aromatic N) is 3. The molecule has 0 spiro atoms. The molecule has 0 bridgehead atoms. The van der Waals surface area contributed by atoms with Gasteiger partial charge < -0.3 is 15.4 Å². The van der Waals surface area contributed by atoms with E-state index in [-0.39, 0.29) is 11.9 Å². The predicted molar refractivity (Wildman–Crippen MR) is 87.5 cm³/mol. The van der Waals surface area contributed by atoms with Crippen LogP contribution in [0.1, 0.15) is 32.1 Å². The molecule has 7 nitrogen and oxygen atoms in total. The van der Waals surface area contributed by atoms with E-state index in [1.807, 2.05) is 6.07 Å². The van der Waals surface area contributed by atoms with Crippen molar-refractivity contribution in [2.24, 2.45) is 0 Å². The first kappa shape index (κ1) is 16.0. The molecular weight excluding hydrogens is 294 g/mol. The highest BCUT2D eigenvalue weighted by atomic mass is 16.5. The predicted octanol–water partition coefficient (Wildman–Crippen LogP) is 1.03. The van der Waals surface area contributed by atoms with Crippen molar-refractivity contribution in [2.75, 3.05) is 32.1 Å². The van der Waals surface area contributed by atoms with Crippen molar-refractivity contribution in [1.29, 1.82) is 0 Å². The summed E-state index contributed by atoms with van der Waals surface area (Å²) >= 11 is 0. The summed E-state index contributed by atoms with van der Waals surface area (Å²) in [6, 6.07) is 2.24. The Labute approximate surface area is 136 Å². The number of hydrogen-bond acceptors (Lipinski definition) is 6. The Morgan fingerprint density at radius 3 is 2.87 bits per heavy atom. The molecular formula is C16H25N5O2. The minimum absolute atomic E-state index is 0.0533. The summed E-state index contributed by atoms with van der Waals surface area (Å²) in [5.74, 6) is 1.56. The molecule has 1 aromatic heterocycles. The van der Waals surface area contributed by atoms with Gasteiger partial charge in [-0.1, -0.05) is 0 Å². The largest absolute Gasteiger partial charge is 0.481 e. The van der Waals surface area contributed by atoms with Crippen molar-refractivity contribution in [3.63, 3.8) is 0 Å². The van der Waals surface area contributed by atoms with E-state index >= 15 is 0 Å². The SMILES string of the molecule is COc1cc(NC2CCN(C3CCCCNC3=O)CC2)ncn1. The first-order valence-corrected chi connectivity index (χ1v) is 8.40. The molecule has 7 heteroatoms. The average Bonchev–Trinajstić information content (AvgIpc) is 2.80. The van der Waals surface area contributed by atoms with Crippen LogP contribution in [0, 0.1) is 0 Å². The monoisotopic (exact) mass is 319 g/mol. The van der Waals surface area contributed by atoms with Gasteiger partial charge in [-0.3, -0.25) is 9.69 Å². The highest BCUT2D eigenvalue weighted by Gasteiger charge is 2.30. The van der Waals surface area contributed by atoms with E-state index in [0.717, 1.165) is 57.6 Å². The zero-order valence-electron chi connectivity index (χ0n) is 13.6. The maximum atomic E-state index is 12.2. The lowest BCUT2D eigenvalue weighted by atomic mass is 10.0. The third-order valence-corrected chi connectivity index (χ3v) is 4.68. The van der Waals surface area contributed by atoms with E-state index in [4.69, 9.17) is 4.74 Å². The number of piperidine rings is 1. The number of aromatic nitrogens is 2. The molecule has 1 unspecified atom stereocenters. The molecule has 3 heterocycles. The van der Waals surface area contributed by atoms with Crippen LogP contribution in [-0.4, -0.2) is 59.6 Å². The number of likely N-dealkylation sites (tertiary alicyclic amines) is 1. The van der Waals surface area contributed by atoms with Gasteiger partial charge in [0.1, 0.15) is 12.1 Å². The topological polar surface area (TPSA) is 79.4 Å². The van der Waals surface area contributed by atoms with Crippen molar-refractivity contribution in [3.8, 4) is 5.88 Å². The third kappa shape index (κ3) is 4.10. The molecule has 126 valence electrons. The van der Waals surface area contributed by atoms with Crippen LogP contribution in [0.25, 0.3) is 0 Å². The maximum absolute atomic E-state index is 12.2. The maximum Gasteiger partial charge on any atom is 0.237 e. The number of ether oxygens (including phenoxy) is 1. The second-order valence-corrected chi connectivity index (χ2v) is 6.20. The van der Waals surface area contributed by atoms with E-state index < -0.39 is 0 Å². The summed E-state index contributed by atoms with van der Waals surface area (Å²) in [6.07, 6.45) is 6.73. The Bertz CT molecular complexity index is 531. The number of amides is 1. The summed E-state index contributed by atoms with van der Waals surface area (Å²) < 4.78 is 5.12. The van der Waals surface area contributed by atoms with E-state index in [1.165, 1.54) is 6.33 Å². The first-order valence-electron chi connectivity index (χ1n) is 8.40. The fraction of sp³-hybridized carbons (Fsp3) is 0.688. The molecule has 0 saturated carbocycles. The number of hydrogen-bond donors (Lipinski definition) is 2. The summed E-state index contributed by atoms with van der Waals surface area (Å²) in [7, 11) is 1.60. The molecule has 0 aromatic carbocycles. The molecule has 1 amide bonds. The lowest BCUT2D eigenvalue weighted by Gasteiger charge is -2.36. The average molecular weight is 319 g/mol. The van der Waals surface area contributed by atoms with Gasteiger partial charge in [-0.15, -0.1) is 0 Å². The molecule has 23 heavy (non-hydrogen) atoms. The minimum atomic E-state index is 0.0533. The lowest BCUT2D eigenvalue weighted by molar-refractivity contribution is -0.126. The van der Waals surface area contributed by atoms with Gasteiger partial charge in [-0.2, -0.15) is 0 Å². The van der Waals surface area contributed by atoms with E-state index in [0.29, 0.717) is 11.9 Å². The number of anilines is 1. The molecule has 1 atom stereocenters. The number of rotatable bonds is 4. The molecule has 2 aliphatic heterocycles. The highest BCUT2D eigenvalue weighted by molar-refractivity contribution is 5.81. The summed E-state index contributed by atoms with van der Waals surface area (Å²) in [5, 5.41) is 6.47. The zero-order chi connectivity index (χ0) is 16.1. The normalized spacial score (nSPS) is 23.9. The quantitative estimate of drug-likeness (QED) is 0.863. The fourth-order valence-electron chi connectivity index (χ4n) is 3.37. The van der Waals surface area contributed by atoms with E-state index in [1.54, 1.807) is 7.11 Å². The number of carbonyl (C=O) groups excluding carboxylic acids is 1. The molecule has 2 aliphatic rings. The van der Waals surface area contributed by atoms with Crippen LogP contribution >= 0.6 is 0 Å². The molecule has 2 N–H and O–H groups in total.